The lowest BCUT2D eigenvalue weighted by atomic mass is 9.91. The first-order valence-electron chi connectivity index (χ1n) is 6.41. The Hall–Kier alpha value is -1.78. The third-order valence-corrected chi connectivity index (χ3v) is 3.51. The summed E-state index contributed by atoms with van der Waals surface area (Å²) in [5.41, 5.74) is 9.56. The number of pyridine rings is 1. The highest BCUT2D eigenvalue weighted by atomic mass is 19.1. The standard InChI is InChI=1S/C15H16FN3/c1-10-3-2-4-14(18-10)15-13(9-17-19-15)11-5-7-12(16)8-6-11/h2-8,13,15,17,19H,9H2,1H3. The Balaban J connectivity index is 1.91. The van der Waals surface area contributed by atoms with E-state index in [0.717, 1.165) is 23.5 Å². The molecule has 2 unspecified atom stereocenters. The van der Waals surface area contributed by atoms with Crippen molar-refractivity contribution in [3.63, 3.8) is 0 Å². The van der Waals surface area contributed by atoms with Crippen LogP contribution in [-0.2, 0) is 0 Å². The van der Waals surface area contributed by atoms with Crippen molar-refractivity contribution in [3.05, 3.63) is 65.2 Å². The largest absolute Gasteiger partial charge is 0.257 e. The molecule has 3 nitrogen and oxygen atoms in total. The Morgan fingerprint density at radius 1 is 1.16 bits per heavy atom. The van der Waals surface area contributed by atoms with E-state index in [1.165, 1.54) is 12.1 Å². The lowest BCUT2D eigenvalue weighted by Crippen LogP contribution is -2.25. The second-order valence-electron chi connectivity index (χ2n) is 4.86. The van der Waals surface area contributed by atoms with E-state index in [1.807, 2.05) is 37.3 Å². The third-order valence-electron chi connectivity index (χ3n) is 3.51. The van der Waals surface area contributed by atoms with Gasteiger partial charge in [-0.25, -0.2) is 9.82 Å². The van der Waals surface area contributed by atoms with Crippen molar-refractivity contribution in [1.82, 2.24) is 15.8 Å². The highest BCUT2D eigenvalue weighted by molar-refractivity contribution is 5.27. The highest BCUT2D eigenvalue weighted by Gasteiger charge is 2.30. The molecule has 0 radical (unpaired) electrons. The van der Waals surface area contributed by atoms with E-state index in [0.29, 0.717) is 0 Å². The van der Waals surface area contributed by atoms with Crippen LogP contribution in [0.2, 0.25) is 0 Å². The summed E-state index contributed by atoms with van der Waals surface area (Å²) in [5, 5.41) is 0. The van der Waals surface area contributed by atoms with Crippen molar-refractivity contribution < 1.29 is 4.39 Å². The van der Waals surface area contributed by atoms with Crippen LogP contribution >= 0.6 is 0 Å². The molecule has 2 heterocycles. The average molecular weight is 257 g/mol. The van der Waals surface area contributed by atoms with Crippen molar-refractivity contribution in [2.24, 2.45) is 0 Å². The molecule has 2 atom stereocenters. The molecular weight excluding hydrogens is 241 g/mol. The fraction of sp³-hybridized carbons (Fsp3) is 0.267. The second kappa shape index (κ2) is 5.07. The van der Waals surface area contributed by atoms with Crippen molar-refractivity contribution in [1.29, 1.82) is 0 Å². The molecule has 2 aromatic rings. The van der Waals surface area contributed by atoms with E-state index in [4.69, 9.17) is 0 Å². The molecule has 98 valence electrons. The summed E-state index contributed by atoms with van der Waals surface area (Å²) in [6, 6.07) is 12.8. The maximum absolute atomic E-state index is 13.0. The van der Waals surface area contributed by atoms with Gasteiger partial charge in [-0.1, -0.05) is 18.2 Å². The molecule has 1 fully saturated rings. The molecule has 19 heavy (non-hydrogen) atoms. The van der Waals surface area contributed by atoms with Gasteiger partial charge in [0.1, 0.15) is 5.82 Å². The van der Waals surface area contributed by atoms with Gasteiger partial charge in [0, 0.05) is 18.2 Å². The molecule has 1 aliphatic heterocycles. The van der Waals surface area contributed by atoms with Crippen LogP contribution in [0, 0.1) is 12.7 Å². The summed E-state index contributed by atoms with van der Waals surface area (Å²) in [5.74, 6) is 0.0581. The number of rotatable bonds is 2. The fourth-order valence-corrected chi connectivity index (χ4v) is 2.53. The van der Waals surface area contributed by atoms with Gasteiger partial charge in [-0.3, -0.25) is 10.4 Å². The van der Waals surface area contributed by atoms with Crippen LogP contribution in [0.5, 0.6) is 0 Å². The van der Waals surface area contributed by atoms with E-state index in [1.54, 1.807) is 0 Å². The fourth-order valence-electron chi connectivity index (χ4n) is 2.53. The molecule has 4 heteroatoms. The molecule has 0 aliphatic carbocycles. The molecule has 2 N–H and O–H groups in total. The first-order valence-corrected chi connectivity index (χ1v) is 6.41. The van der Waals surface area contributed by atoms with E-state index >= 15 is 0 Å². The van der Waals surface area contributed by atoms with Gasteiger partial charge in [0.25, 0.3) is 0 Å². The number of aromatic nitrogens is 1. The van der Waals surface area contributed by atoms with Crippen molar-refractivity contribution in [2.45, 2.75) is 18.9 Å². The molecule has 0 spiro atoms. The van der Waals surface area contributed by atoms with Crippen LogP contribution in [-0.4, -0.2) is 11.5 Å². The highest BCUT2D eigenvalue weighted by Crippen LogP contribution is 2.32. The minimum absolute atomic E-state index is 0.116. The van der Waals surface area contributed by atoms with Gasteiger partial charge < -0.3 is 0 Å². The van der Waals surface area contributed by atoms with Gasteiger partial charge in [-0.15, -0.1) is 0 Å². The van der Waals surface area contributed by atoms with Crippen LogP contribution in [0.15, 0.2) is 42.5 Å². The van der Waals surface area contributed by atoms with Crippen molar-refractivity contribution in [2.75, 3.05) is 6.54 Å². The number of hydrogen-bond acceptors (Lipinski definition) is 3. The van der Waals surface area contributed by atoms with Crippen molar-refractivity contribution in [3.8, 4) is 0 Å². The zero-order valence-electron chi connectivity index (χ0n) is 10.7. The summed E-state index contributed by atoms with van der Waals surface area (Å²) >= 11 is 0. The van der Waals surface area contributed by atoms with Gasteiger partial charge in [0.15, 0.2) is 0 Å². The van der Waals surface area contributed by atoms with Crippen LogP contribution < -0.4 is 10.9 Å². The number of aryl methyl sites for hydroxylation is 1. The molecule has 0 amide bonds. The Labute approximate surface area is 111 Å². The third kappa shape index (κ3) is 2.50. The Kier molecular flexibility index (Phi) is 3.27. The number of nitrogens with one attached hydrogen (secondary N) is 2. The predicted octanol–water partition coefficient (Wildman–Crippen LogP) is 2.46. The van der Waals surface area contributed by atoms with E-state index < -0.39 is 0 Å². The van der Waals surface area contributed by atoms with Crippen molar-refractivity contribution >= 4 is 0 Å². The van der Waals surface area contributed by atoms with E-state index in [9.17, 15) is 4.39 Å². The molecule has 0 saturated carbocycles. The molecule has 3 rings (SSSR count). The van der Waals surface area contributed by atoms with Gasteiger partial charge in [0.05, 0.1) is 11.7 Å². The predicted molar refractivity (Wildman–Crippen MR) is 72.0 cm³/mol. The number of halogens is 1. The SMILES string of the molecule is Cc1cccc(C2NNCC2c2ccc(F)cc2)n1. The topological polar surface area (TPSA) is 37.0 Å². The Morgan fingerprint density at radius 2 is 1.95 bits per heavy atom. The number of hydrogen-bond donors (Lipinski definition) is 2. The first kappa shape index (κ1) is 12.3. The van der Waals surface area contributed by atoms with Gasteiger partial charge in [-0.2, -0.15) is 0 Å². The maximum Gasteiger partial charge on any atom is 0.123 e. The molecule has 1 saturated heterocycles. The minimum atomic E-state index is -0.201. The van der Waals surface area contributed by atoms with Crippen LogP contribution in [0.1, 0.15) is 28.9 Å². The normalized spacial score (nSPS) is 22.6. The zero-order valence-corrected chi connectivity index (χ0v) is 10.7. The molecule has 1 aromatic carbocycles. The smallest absolute Gasteiger partial charge is 0.123 e. The summed E-state index contributed by atoms with van der Waals surface area (Å²) in [4.78, 5) is 4.57. The van der Waals surface area contributed by atoms with Gasteiger partial charge >= 0.3 is 0 Å². The Bertz CT molecular complexity index is 568. The first-order chi connectivity index (χ1) is 9.24. The number of nitrogens with zero attached hydrogens (tertiary/aromatic N) is 1. The lowest BCUT2D eigenvalue weighted by Gasteiger charge is -2.18. The molecule has 1 aromatic heterocycles. The summed E-state index contributed by atoms with van der Waals surface area (Å²) < 4.78 is 13.0. The summed E-state index contributed by atoms with van der Waals surface area (Å²) in [6.45, 7) is 2.80. The summed E-state index contributed by atoms with van der Waals surface area (Å²) in [7, 11) is 0. The van der Waals surface area contributed by atoms with Crippen LogP contribution in [0.25, 0.3) is 0 Å². The monoisotopic (exact) mass is 257 g/mol. The van der Waals surface area contributed by atoms with E-state index in [-0.39, 0.29) is 17.8 Å². The molecule has 0 bridgehead atoms. The number of benzene rings is 1. The quantitative estimate of drug-likeness (QED) is 0.867. The summed E-state index contributed by atoms with van der Waals surface area (Å²) in [6.07, 6.45) is 0. The van der Waals surface area contributed by atoms with E-state index in [2.05, 4.69) is 15.8 Å². The minimum Gasteiger partial charge on any atom is -0.257 e. The van der Waals surface area contributed by atoms with Gasteiger partial charge in [0.2, 0.25) is 0 Å². The maximum atomic E-state index is 13.0. The average Bonchev–Trinajstić information content (AvgIpc) is 2.89. The molecular formula is C15H16FN3. The second-order valence-corrected chi connectivity index (χ2v) is 4.86. The number of hydrazine groups is 1. The molecule has 1 aliphatic rings. The van der Waals surface area contributed by atoms with Gasteiger partial charge in [-0.05, 0) is 36.8 Å². The lowest BCUT2D eigenvalue weighted by molar-refractivity contribution is 0.539. The van der Waals surface area contributed by atoms with Crippen LogP contribution in [0.3, 0.4) is 0 Å². The van der Waals surface area contributed by atoms with Crippen LogP contribution in [0.4, 0.5) is 4.39 Å². The Morgan fingerprint density at radius 3 is 2.68 bits per heavy atom. The zero-order chi connectivity index (χ0) is 13.2.